The number of nitroso groups, excluding NO2 is 1. The second-order valence-corrected chi connectivity index (χ2v) is 1.85. The lowest BCUT2D eigenvalue weighted by Gasteiger charge is -1.95. The zero-order valence-corrected chi connectivity index (χ0v) is 4.97. The second kappa shape index (κ2) is 3.43. The fourth-order valence-corrected chi connectivity index (χ4v) is 0.227. The quantitative estimate of drug-likeness (QED) is 0.405. The van der Waals surface area contributed by atoms with Crippen molar-refractivity contribution in [1.82, 2.24) is 0 Å². The van der Waals surface area contributed by atoms with Crippen LogP contribution in [0, 0.1) is 4.91 Å². The Morgan fingerprint density at radius 1 is 1.88 bits per heavy atom. The smallest absolute Gasteiger partial charge is 0.232 e. The Labute approximate surface area is 51.8 Å². The molecule has 0 saturated carbocycles. The summed E-state index contributed by atoms with van der Waals surface area (Å²) in [6.07, 6.45) is 0. The van der Waals surface area contributed by atoms with Gasteiger partial charge in [0.25, 0.3) is 0 Å². The third-order valence-corrected chi connectivity index (χ3v) is 0.994. The largest absolute Gasteiger partial charge is 0.369 e. The minimum atomic E-state index is -0.729. The molecule has 1 amide bonds. The Hall–Kier alpha value is -0.580. The Morgan fingerprint density at radius 3 is 2.50 bits per heavy atom. The molecule has 5 heteroatoms. The number of primary amides is 1. The zero-order valence-electron chi connectivity index (χ0n) is 4.07. The van der Waals surface area contributed by atoms with E-state index in [1.165, 1.54) is 0 Å². The van der Waals surface area contributed by atoms with Gasteiger partial charge < -0.3 is 5.73 Å². The number of rotatable bonds is 3. The SMILES string of the molecule is NC(=O)C(S)CN=O. The number of amides is 1. The van der Waals surface area contributed by atoms with E-state index in [4.69, 9.17) is 5.73 Å². The maximum absolute atomic E-state index is 10.0. The van der Waals surface area contributed by atoms with Crippen LogP contribution in [0.5, 0.6) is 0 Å². The maximum atomic E-state index is 10.0. The first-order chi connectivity index (χ1) is 3.68. The van der Waals surface area contributed by atoms with Crippen molar-refractivity contribution in [1.29, 1.82) is 0 Å². The van der Waals surface area contributed by atoms with E-state index in [2.05, 4.69) is 17.8 Å². The van der Waals surface area contributed by atoms with Crippen LogP contribution in [0.2, 0.25) is 0 Å². The van der Waals surface area contributed by atoms with E-state index < -0.39 is 11.2 Å². The van der Waals surface area contributed by atoms with Gasteiger partial charge in [0, 0.05) is 0 Å². The van der Waals surface area contributed by atoms with Crippen LogP contribution in [0.4, 0.5) is 0 Å². The number of hydrogen-bond acceptors (Lipinski definition) is 4. The summed E-state index contributed by atoms with van der Waals surface area (Å²) in [4.78, 5) is 19.4. The van der Waals surface area contributed by atoms with E-state index in [1.54, 1.807) is 0 Å². The fourth-order valence-electron chi connectivity index (χ4n) is 0.161. The molecule has 2 N–H and O–H groups in total. The molecule has 0 aromatic carbocycles. The highest BCUT2D eigenvalue weighted by molar-refractivity contribution is 7.81. The van der Waals surface area contributed by atoms with Gasteiger partial charge in [0.2, 0.25) is 5.91 Å². The van der Waals surface area contributed by atoms with Crippen molar-refractivity contribution in [3.63, 3.8) is 0 Å². The monoisotopic (exact) mass is 134 g/mol. The summed E-state index contributed by atoms with van der Waals surface area (Å²) in [5.74, 6) is -0.618. The van der Waals surface area contributed by atoms with E-state index >= 15 is 0 Å². The van der Waals surface area contributed by atoms with Crippen molar-refractivity contribution in [2.24, 2.45) is 10.9 Å². The van der Waals surface area contributed by atoms with E-state index in [-0.39, 0.29) is 6.54 Å². The summed E-state index contributed by atoms with van der Waals surface area (Å²) in [5.41, 5.74) is 4.71. The molecule has 46 valence electrons. The Bertz CT molecular complexity index is 105. The van der Waals surface area contributed by atoms with E-state index in [0.717, 1.165) is 0 Å². The molecular formula is C3H6N2O2S. The molecule has 0 aromatic rings. The van der Waals surface area contributed by atoms with Crippen molar-refractivity contribution in [3.8, 4) is 0 Å². The van der Waals surface area contributed by atoms with Crippen molar-refractivity contribution < 1.29 is 4.79 Å². The Morgan fingerprint density at radius 2 is 2.38 bits per heavy atom. The molecule has 0 rings (SSSR count). The topological polar surface area (TPSA) is 72.5 Å². The predicted molar refractivity (Wildman–Crippen MR) is 32.6 cm³/mol. The van der Waals surface area contributed by atoms with Gasteiger partial charge in [-0.05, 0) is 0 Å². The number of hydrogen-bond donors (Lipinski definition) is 2. The molecule has 0 aromatic heterocycles. The number of carbonyl (C=O) groups excluding carboxylic acids is 1. The summed E-state index contributed by atoms with van der Waals surface area (Å²) in [6, 6.07) is 0. The molecule has 0 heterocycles. The predicted octanol–water partition coefficient (Wildman–Crippen LogP) is -0.464. The van der Waals surface area contributed by atoms with Gasteiger partial charge in [-0.2, -0.15) is 17.5 Å². The Kier molecular flexibility index (Phi) is 3.18. The van der Waals surface area contributed by atoms with Gasteiger partial charge in [0.15, 0.2) is 0 Å². The van der Waals surface area contributed by atoms with Crippen LogP contribution in [-0.4, -0.2) is 17.7 Å². The summed E-state index contributed by atoms with van der Waals surface area (Å²) >= 11 is 3.64. The van der Waals surface area contributed by atoms with Gasteiger partial charge in [0.05, 0.1) is 0 Å². The van der Waals surface area contributed by atoms with Gasteiger partial charge >= 0.3 is 0 Å². The number of nitrogens with two attached hydrogens (primary N) is 1. The first kappa shape index (κ1) is 7.42. The van der Waals surface area contributed by atoms with Crippen LogP contribution >= 0.6 is 12.6 Å². The molecule has 0 aliphatic carbocycles. The van der Waals surface area contributed by atoms with Crippen molar-refractivity contribution in [3.05, 3.63) is 4.91 Å². The maximum Gasteiger partial charge on any atom is 0.232 e. The van der Waals surface area contributed by atoms with Crippen molar-refractivity contribution in [2.45, 2.75) is 5.25 Å². The highest BCUT2D eigenvalue weighted by atomic mass is 32.1. The average molecular weight is 134 g/mol. The normalized spacial score (nSPS) is 12.6. The van der Waals surface area contributed by atoms with Crippen molar-refractivity contribution >= 4 is 18.5 Å². The minimum absolute atomic E-state index is 0.154. The fraction of sp³-hybridized carbons (Fsp3) is 0.667. The molecule has 8 heavy (non-hydrogen) atoms. The highest BCUT2D eigenvalue weighted by Crippen LogP contribution is 1.91. The van der Waals surface area contributed by atoms with E-state index in [9.17, 15) is 9.70 Å². The molecule has 0 radical (unpaired) electrons. The molecule has 0 aliphatic heterocycles. The molecule has 0 spiro atoms. The highest BCUT2D eigenvalue weighted by Gasteiger charge is 2.07. The second-order valence-electron chi connectivity index (χ2n) is 1.23. The molecule has 4 nitrogen and oxygen atoms in total. The molecule has 0 fully saturated rings. The van der Waals surface area contributed by atoms with Gasteiger partial charge in [-0.25, -0.2) is 0 Å². The standard InChI is InChI=1S/C3H6N2O2S/c4-3(6)2(8)1-5-7/h2,8H,1H2,(H2,4,6). The molecule has 1 atom stereocenters. The first-order valence-corrected chi connectivity index (χ1v) is 2.46. The van der Waals surface area contributed by atoms with Crippen LogP contribution in [0.25, 0.3) is 0 Å². The average Bonchev–Trinajstić information content (AvgIpc) is 1.67. The van der Waals surface area contributed by atoms with Crippen LogP contribution in [0.15, 0.2) is 5.18 Å². The third kappa shape index (κ3) is 2.57. The lowest BCUT2D eigenvalue weighted by molar-refractivity contribution is -0.117. The van der Waals surface area contributed by atoms with Gasteiger partial charge in [-0.1, -0.05) is 5.18 Å². The summed E-state index contributed by atoms with van der Waals surface area (Å²) in [5, 5.41) is 1.70. The van der Waals surface area contributed by atoms with Crippen molar-refractivity contribution in [2.75, 3.05) is 6.54 Å². The van der Waals surface area contributed by atoms with E-state index in [0.29, 0.717) is 0 Å². The van der Waals surface area contributed by atoms with Crippen LogP contribution < -0.4 is 5.73 Å². The molecule has 0 saturated heterocycles. The van der Waals surface area contributed by atoms with E-state index in [1.807, 2.05) is 0 Å². The lowest BCUT2D eigenvalue weighted by Crippen LogP contribution is -2.25. The van der Waals surface area contributed by atoms with Crippen LogP contribution in [0.3, 0.4) is 0 Å². The molecule has 0 bridgehead atoms. The van der Waals surface area contributed by atoms with Gasteiger partial charge in [-0.15, -0.1) is 0 Å². The first-order valence-electron chi connectivity index (χ1n) is 1.95. The summed E-state index contributed by atoms with van der Waals surface area (Å²) < 4.78 is 0. The summed E-state index contributed by atoms with van der Waals surface area (Å²) in [7, 11) is 0. The minimum Gasteiger partial charge on any atom is -0.369 e. The van der Waals surface area contributed by atoms with Crippen LogP contribution in [-0.2, 0) is 4.79 Å². The third-order valence-electron chi connectivity index (χ3n) is 0.576. The lowest BCUT2D eigenvalue weighted by atomic mass is 10.4. The molecule has 1 unspecified atom stereocenters. The number of nitrogens with zero attached hydrogens (tertiary/aromatic N) is 1. The summed E-state index contributed by atoms with van der Waals surface area (Å²) in [6.45, 7) is -0.154. The zero-order chi connectivity index (χ0) is 6.57. The number of thiol groups is 1. The Balaban J connectivity index is 3.46. The van der Waals surface area contributed by atoms with Crippen LogP contribution in [0.1, 0.15) is 0 Å². The number of carbonyl (C=O) groups is 1. The molecular weight excluding hydrogens is 128 g/mol. The van der Waals surface area contributed by atoms with Gasteiger partial charge in [-0.3, -0.25) is 4.79 Å². The molecule has 0 aliphatic rings. The van der Waals surface area contributed by atoms with Gasteiger partial charge in [0.1, 0.15) is 11.8 Å².